The molecule has 4 nitrogen and oxygen atoms in total. The van der Waals surface area contributed by atoms with E-state index in [0.29, 0.717) is 11.6 Å². The molecule has 0 aromatic heterocycles. The van der Waals surface area contributed by atoms with Gasteiger partial charge in [-0.1, -0.05) is 15.9 Å². The van der Waals surface area contributed by atoms with E-state index in [1.165, 1.54) is 0 Å². The van der Waals surface area contributed by atoms with Crippen LogP contribution in [0.4, 0.5) is 5.69 Å². The second-order valence-electron chi connectivity index (χ2n) is 3.89. The van der Waals surface area contributed by atoms with Crippen molar-refractivity contribution in [1.29, 1.82) is 0 Å². The number of carbonyl (C=O) groups excluding carboxylic acids is 1. The molecule has 4 N–H and O–H groups in total. The highest BCUT2D eigenvalue weighted by molar-refractivity contribution is 9.10. The Morgan fingerprint density at radius 2 is 2.38 bits per heavy atom. The number of halogens is 1. The first-order valence-corrected chi connectivity index (χ1v) is 6.03. The lowest BCUT2D eigenvalue weighted by Crippen LogP contribution is -2.24. The fourth-order valence-corrected chi connectivity index (χ4v) is 2.21. The van der Waals surface area contributed by atoms with Crippen LogP contribution in [0.25, 0.3) is 0 Å². The summed E-state index contributed by atoms with van der Waals surface area (Å²) in [5.41, 5.74) is 6.68. The number of anilines is 1. The Balaban J connectivity index is 2.21. The monoisotopic (exact) mass is 283 g/mol. The fraction of sp³-hybridized carbons (Fsp3) is 0.364. The van der Waals surface area contributed by atoms with E-state index in [9.17, 15) is 4.79 Å². The molecule has 0 bridgehead atoms. The summed E-state index contributed by atoms with van der Waals surface area (Å²) in [4.78, 5) is 11.3. The molecule has 1 aromatic rings. The number of nitrogens with one attached hydrogen (secondary N) is 2. The van der Waals surface area contributed by atoms with E-state index in [1.54, 1.807) is 6.07 Å². The molecule has 0 spiro atoms. The van der Waals surface area contributed by atoms with Gasteiger partial charge in [0.25, 0.3) is 5.91 Å². The lowest BCUT2D eigenvalue weighted by atomic mass is 10.1. The Bertz CT molecular complexity index is 402. The summed E-state index contributed by atoms with van der Waals surface area (Å²) < 4.78 is 0.858. The Morgan fingerprint density at radius 1 is 1.56 bits per heavy atom. The zero-order chi connectivity index (χ0) is 11.5. The van der Waals surface area contributed by atoms with Gasteiger partial charge < -0.3 is 16.4 Å². The van der Waals surface area contributed by atoms with Crippen molar-refractivity contribution in [1.82, 2.24) is 5.32 Å². The largest absolute Gasteiger partial charge is 0.380 e. The van der Waals surface area contributed by atoms with Crippen molar-refractivity contribution in [2.45, 2.75) is 12.5 Å². The maximum atomic E-state index is 11.3. The van der Waals surface area contributed by atoms with Crippen LogP contribution < -0.4 is 16.4 Å². The van der Waals surface area contributed by atoms with Crippen LogP contribution in [-0.2, 0) is 0 Å². The molecular formula is C11H14BrN3O. The minimum atomic E-state index is -0.408. The molecule has 1 aromatic carbocycles. The molecule has 2 rings (SSSR count). The molecule has 0 radical (unpaired) electrons. The van der Waals surface area contributed by atoms with E-state index in [-0.39, 0.29) is 0 Å². The van der Waals surface area contributed by atoms with E-state index in [0.717, 1.165) is 29.7 Å². The van der Waals surface area contributed by atoms with Crippen molar-refractivity contribution in [2.24, 2.45) is 5.73 Å². The van der Waals surface area contributed by atoms with Gasteiger partial charge in [-0.05, 0) is 31.2 Å². The first-order valence-electron chi connectivity index (χ1n) is 5.23. The van der Waals surface area contributed by atoms with E-state index < -0.39 is 5.91 Å². The van der Waals surface area contributed by atoms with Crippen LogP contribution in [0.1, 0.15) is 16.8 Å². The normalized spacial score (nSPS) is 19.7. The van der Waals surface area contributed by atoms with Crippen LogP contribution in [0.15, 0.2) is 22.7 Å². The highest BCUT2D eigenvalue weighted by atomic mass is 79.9. The smallest absolute Gasteiger partial charge is 0.250 e. The summed E-state index contributed by atoms with van der Waals surface area (Å²) >= 11 is 3.33. The van der Waals surface area contributed by atoms with Crippen LogP contribution >= 0.6 is 15.9 Å². The molecule has 1 amide bonds. The SMILES string of the molecule is NC(=O)c1cc(Br)ccc1NC1CCNC1. The third-order valence-electron chi connectivity index (χ3n) is 2.67. The summed E-state index contributed by atoms with van der Waals surface area (Å²) in [6.45, 7) is 1.94. The third-order valence-corrected chi connectivity index (χ3v) is 3.16. The van der Waals surface area contributed by atoms with Crippen LogP contribution in [-0.4, -0.2) is 25.0 Å². The Kier molecular flexibility index (Phi) is 3.46. The Morgan fingerprint density at radius 3 is 3.00 bits per heavy atom. The molecule has 0 saturated carbocycles. The summed E-state index contributed by atoms with van der Waals surface area (Å²) in [5, 5.41) is 6.60. The van der Waals surface area contributed by atoms with Gasteiger partial charge in [0.15, 0.2) is 0 Å². The van der Waals surface area contributed by atoms with Crippen molar-refractivity contribution in [3.05, 3.63) is 28.2 Å². The van der Waals surface area contributed by atoms with Gasteiger partial charge in [0.2, 0.25) is 0 Å². The molecule has 86 valence electrons. The highest BCUT2D eigenvalue weighted by Gasteiger charge is 2.16. The minimum Gasteiger partial charge on any atom is -0.380 e. The minimum absolute atomic E-state index is 0.374. The molecule has 1 atom stereocenters. The fourth-order valence-electron chi connectivity index (χ4n) is 1.84. The molecule has 1 saturated heterocycles. The number of primary amides is 1. The van der Waals surface area contributed by atoms with E-state index >= 15 is 0 Å². The van der Waals surface area contributed by atoms with Crippen molar-refractivity contribution in [3.63, 3.8) is 0 Å². The van der Waals surface area contributed by atoms with Crippen LogP contribution in [0.3, 0.4) is 0 Å². The predicted molar refractivity (Wildman–Crippen MR) is 67.6 cm³/mol. The number of carbonyl (C=O) groups is 1. The maximum Gasteiger partial charge on any atom is 0.250 e. The molecule has 0 aliphatic carbocycles. The predicted octanol–water partition coefficient (Wildman–Crippen LogP) is 1.32. The van der Waals surface area contributed by atoms with Gasteiger partial charge >= 0.3 is 0 Å². The maximum absolute atomic E-state index is 11.3. The third kappa shape index (κ3) is 2.54. The van der Waals surface area contributed by atoms with Gasteiger partial charge in [-0.15, -0.1) is 0 Å². The van der Waals surface area contributed by atoms with Gasteiger partial charge in [0.1, 0.15) is 0 Å². The number of rotatable bonds is 3. The van der Waals surface area contributed by atoms with Gasteiger partial charge in [-0.25, -0.2) is 0 Å². The first kappa shape index (κ1) is 11.4. The molecule has 1 heterocycles. The van der Waals surface area contributed by atoms with Gasteiger partial charge in [-0.3, -0.25) is 4.79 Å². The average Bonchev–Trinajstić information content (AvgIpc) is 2.73. The van der Waals surface area contributed by atoms with E-state index in [2.05, 4.69) is 26.6 Å². The second-order valence-corrected chi connectivity index (χ2v) is 4.80. The molecule has 1 fully saturated rings. The zero-order valence-corrected chi connectivity index (χ0v) is 10.4. The lowest BCUT2D eigenvalue weighted by molar-refractivity contribution is 0.100. The number of hydrogen-bond acceptors (Lipinski definition) is 3. The summed E-state index contributed by atoms with van der Waals surface area (Å²) in [5.74, 6) is -0.408. The number of nitrogens with two attached hydrogens (primary N) is 1. The average molecular weight is 284 g/mol. The quantitative estimate of drug-likeness (QED) is 0.784. The molecular weight excluding hydrogens is 270 g/mol. The standard InChI is InChI=1S/C11H14BrN3O/c12-7-1-2-10(9(5-7)11(13)16)15-8-3-4-14-6-8/h1-2,5,8,14-15H,3-4,6H2,(H2,13,16). The van der Waals surface area contributed by atoms with Crippen molar-refractivity contribution in [2.75, 3.05) is 18.4 Å². The number of benzene rings is 1. The summed E-state index contributed by atoms with van der Waals surface area (Å²) in [7, 11) is 0. The number of amides is 1. The topological polar surface area (TPSA) is 67.2 Å². The van der Waals surface area contributed by atoms with Gasteiger partial charge in [0.05, 0.1) is 5.56 Å². The van der Waals surface area contributed by atoms with Crippen molar-refractivity contribution < 1.29 is 4.79 Å². The Hall–Kier alpha value is -1.07. The second kappa shape index (κ2) is 4.84. The van der Waals surface area contributed by atoms with Crippen molar-refractivity contribution in [3.8, 4) is 0 Å². The molecule has 1 aliphatic rings. The lowest BCUT2D eigenvalue weighted by Gasteiger charge is -2.15. The van der Waals surface area contributed by atoms with Crippen molar-refractivity contribution >= 4 is 27.5 Å². The van der Waals surface area contributed by atoms with Crippen LogP contribution in [0.2, 0.25) is 0 Å². The van der Waals surface area contributed by atoms with Crippen LogP contribution in [0.5, 0.6) is 0 Å². The first-order chi connectivity index (χ1) is 7.66. The Labute approximate surface area is 103 Å². The highest BCUT2D eigenvalue weighted by Crippen LogP contribution is 2.22. The zero-order valence-electron chi connectivity index (χ0n) is 8.79. The van der Waals surface area contributed by atoms with E-state index in [1.807, 2.05) is 12.1 Å². The van der Waals surface area contributed by atoms with Gasteiger partial charge in [-0.2, -0.15) is 0 Å². The van der Waals surface area contributed by atoms with Gasteiger partial charge in [0, 0.05) is 22.7 Å². The number of hydrogen-bond donors (Lipinski definition) is 3. The molecule has 16 heavy (non-hydrogen) atoms. The molecule has 1 unspecified atom stereocenters. The molecule has 5 heteroatoms. The summed E-state index contributed by atoms with van der Waals surface area (Å²) in [6.07, 6.45) is 1.06. The van der Waals surface area contributed by atoms with Crippen LogP contribution in [0, 0.1) is 0 Å². The van der Waals surface area contributed by atoms with E-state index in [4.69, 9.17) is 5.73 Å². The summed E-state index contributed by atoms with van der Waals surface area (Å²) in [6, 6.07) is 5.89. The molecule has 1 aliphatic heterocycles.